The van der Waals surface area contributed by atoms with Crippen LogP contribution in [0.3, 0.4) is 0 Å². The molecule has 0 unspecified atom stereocenters. The topological polar surface area (TPSA) is 50.4 Å². The predicted molar refractivity (Wildman–Crippen MR) is 83.5 cm³/mol. The molecule has 1 aromatic heterocycles. The minimum absolute atomic E-state index is 0.109. The molecule has 1 heterocycles. The summed E-state index contributed by atoms with van der Waals surface area (Å²) in [5, 5.41) is 10.7. The van der Waals surface area contributed by atoms with E-state index in [1.807, 2.05) is 30.3 Å². The van der Waals surface area contributed by atoms with Gasteiger partial charge in [0.15, 0.2) is 0 Å². The third kappa shape index (κ3) is 2.34. The summed E-state index contributed by atoms with van der Waals surface area (Å²) in [7, 11) is 0. The van der Waals surface area contributed by atoms with Crippen molar-refractivity contribution in [2.24, 2.45) is 0 Å². The second-order valence-corrected chi connectivity index (χ2v) is 4.79. The highest BCUT2D eigenvalue weighted by Gasteiger charge is 2.12. The van der Waals surface area contributed by atoms with E-state index in [0.29, 0.717) is 23.1 Å². The highest BCUT2D eigenvalue weighted by molar-refractivity contribution is 5.85. The van der Waals surface area contributed by atoms with Crippen LogP contribution >= 0.6 is 0 Å². The number of phenolic OH excluding ortho intramolecular Hbond substituents is 1. The second-order valence-electron chi connectivity index (χ2n) is 4.79. The van der Waals surface area contributed by atoms with Crippen molar-refractivity contribution in [2.45, 2.75) is 6.42 Å². The lowest BCUT2D eigenvalue weighted by Crippen LogP contribution is -2.03. The van der Waals surface area contributed by atoms with E-state index in [1.54, 1.807) is 24.3 Å². The molecule has 0 spiro atoms. The average Bonchev–Trinajstić information content (AvgIpc) is 2.51. The monoisotopic (exact) mass is 278 g/mol. The van der Waals surface area contributed by atoms with E-state index < -0.39 is 5.63 Å². The lowest BCUT2D eigenvalue weighted by Gasteiger charge is -2.07. The van der Waals surface area contributed by atoms with E-state index in [2.05, 4.69) is 6.58 Å². The average molecular weight is 278 g/mol. The Balaban J connectivity index is 2.29. The minimum atomic E-state index is -0.412. The van der Waals surface area contributed by atoms with Crippen molar-refractivity contribution in [2.75, 3.05) is 0 Å². The van der Waals surface area contributed by atoms with Gasteiger partial charge in [-0.1, -0.05) is 36.4 Å². The molecule has 0 bridgehead atoms. The fourth-order valence-corrected chi connectivity index (χ4v) is 2.39. The Hall–Kier alpha value is -2.81. The first-order chi connectivity index (χ1) is 10.2. The van der Waals surface area contributed by atoms with Crippen molar-refractivity contribution >= 4 is 11.0 Å². The Kier molecular flexibility index (Phi) is 3.32. The van der Waals surface area contributed by atoms with Gasteiger partial charge in [0.25, 0.3) is 0 Å². The first kappa shape index (κ1) is 13.2. The van der Waals surface area contributed by atoms with Crippen molar-refractivity contribution in [3.8, 4) is 16.9 Å². The number of allylic oxidation sites excluding steroid dienone is 1. The number of fused-ring (bicyclic) bond motifs is 1. The molecular formula is C18H14O3. The van der Waals surface area contributed by atoms with Gasteiger partial charge in [-0.15, -0.1) is 6.58 Å². The first-order valence-corrected chi connectivity index (χ1v) is 6.65. The highest BCUT2D eigenvalue weighted by Crippen LogP contribution is 2.29. The van der Waals surface area contributed by atoms with Gasteiger partial charge in [-0.3, -0.25) is 0 Å². The zero-order chi connectivity index (χ0) is 14.8. The molecule has 21 heavy (non-hydrogen) atoms. The summed E-state index contributed by atoms with van der Waals surface area (Å²) in [5.41, 5.74) is 1.91. The standard InChI is InChI=1S/C18H14O3/c1-2-6-14-16(19)10-9-13-11-15(18(20)21-17(13)14)12-7-4-3-5-8-12/h2-5,7-11,19H,1,6H2. The van der Waals surface area contributed by atoms with Crippen LogP contribution in [-0.4, -0.2) is 5.11 Å². The fraction of sp³-hybridized carbons (Fsp3) is 0.0556. The number of rotatable bonds is 3. The lowest BCUT2D eigenvalue weighted by atomic mass is 10.0. The van der Waals surface area contributed by atoms with E-state index in [0.717, 1.165) is 10.9 Å². The van der Waals surface area contributed by atoms with Gasteiger partial charge in [0.2, 0.25) is 0 Å². The van der Waals surface area contributed by atoms with Crippen LogP contribution in [0.25, 0.3) is 22.1 Å². The number of aromatic hydroxyl groups is 1. The molecule has 0 atom stereocenters. The number of benzene rings is 2. The van der Waals surface area contributed by atoms with Crippen LogP contribution < -0.4 is 5.63 Å². The minimum Gasteiger partial charge on any atom is -0.508 e. The van der Waals surface area contributed by atoms with Crippen molar-refractivity contribution < 1.29 is 9.52 Å². The Morgan fingerprint density at radius 3 is 2.62 bits per heavy atom. The SMILES string of the molecule is C=CCc1c(O)ccc2cc(-c3ccccc3)c(=O)oc12. The van der Waals surface area contributed by atoms with Gasteiger partial charge in [0, 0.05) is 10.9 Å². The molecule has 3 heteroatoms. The van der Waals surface area contributed by atoms with Crippen LogP contribution in [0, 0.1) is 0 Å². The van der Waals surface area contributed by atoms with Crippen molar-refractivity contribution in [3.05, 3.63) is 77.2 Å². The number of hydrogen-bond donors (Lipinski definition) is 1. The molecule has 0 amide bonds. The largest absolute Gasteiger partial charge is 0.508 e. The van der Waals surface area contributed by atoms with Crippen molar-refractivity contribution in [1.29, 1.82) is 0 Å². The maximum absolute atomic E-state index is 12.2. The number of hydrogen-bond acceptors (Lipinski definition) is 3. The molecule has 104 valence electrons. The van der Waals surface area contributed by atoms with E-state index >= 15 is 0 Å². The molecule has 3 nitrogen and oxygen atoms in total. The van der Waals surface area contributed by atoms with Gasteiger partial charge in [-0.25, -0.2) is 4.79 Å². The Labute approximate surface area is 121 Å². The predicted octanol–water partition coefficient (Wildman–Crippen LogP) is 3.89. The summed E-state index contributed by atoms with van der Waals surface area (Å²) in [6, 6.07) is 14.5. The Bertz CT molecular complexity index is 861. The summed E-state index contributed by atoms with van der Waals surface area (Å²) in [4.78, 5) is 12.2. The van der Waals surface area contributed by atoms with E-state index in [-0.39, 0.29) is 5.75 Å². The van der Waals surface area contributed by atoms with Gasteiger partial charge in [-0.05, 0) is 30.2 Å². The summed E-state index contributed by atoms with van der Waals surface area (Å²) in [5.74, 6) is 0.109. The molecule has 0 radical (unpaired) electrons. The van der Waals surface area contributed by atoms with E-state index in [9.17, 15) is 9.90 Å². The third-order valence-corrected chi connectivity index (χ3v) is 3.41. The van der Waals surface area contributed by atoms with Crippen LogP contribution in [0.4, 0.5) is 0 Å². The van der Waals surface area contributed by atoms with Crippen LogP contribution in [-0.2, 0) is 6.42 Å². The molecule has 0 aliphatic rings. The third-order valence-electron chi connectivity index (χ3n) is 3.41. The first-order valence-electron chi connectivity index (χ1n) is 6.65. The molecule has 0 aliphatic carbocycles. The summed E-state index contributed by atoms with van der Waals surface area (Å²) >= 11 is 0. The van der Waals surface area contributed by atoms with E-state index in [1.165, 1.54) is 0 Å². The maximum atomic E-state index is 12.2. The van der Waals surface area contributed by atoms with Crippen molar-refractivity contribution in [3.63, 3.8) is 0 Å². The molecule has 3 rings (SSSR count). The summed E-state index contributed by atoms with van der Waals surface area (Å²) < 4.78 is 5.45. The smallest absolute Gasteiger partial charge is 0.344 e. The van der Waals surface area contributed by atoms with Gasteiger partial charge >= 0.3 is 5.63 Å². The molecule has 3 aromatic rings. The van der Waals surface area contributed by atoms with E-state index in [4.69, 9.17) is 4.42 Å². The van der Waals surface area contributed by atoms with Gasteiger partial charge in [0.1, 0.15) is 11.3 Å². The molecule has 0 fully saturated rings. The van der Waals surface area contributed by atoms with Crippen molar-refractivity contribution in [1.82, 2.24) is 0 Å². The van der Waals surface area contributed by atoms with Crippen LogP contribution in [0.5, 0.6) is 5.75 Å². The Morgan fingerprint density at radius 1 is 1.14 bits per heavy atom. The zero-order valence-electron chi connectivity index (χ0n) is 11.4. The number of phenols is 1. The highest BCUT2D eigenvalue weighted by atomic mass is 16.4. The summed E-state index contributed by atoms with van der Waals surface area (Å²) in [6.45, 7) is 3.66. The molecule has 2 aromatic carbocycles. The second kappa shape index (κ2) is 5.29. The van der Waals surface area contributed by atoms with Gasteiger partial charge in [-0.2, -0.15) is 0 Å². The molecular weight excluding hydrogens is 264 g/mol. The molecule has 0 saturated carbocycles. The molecule has 0 aliphatic heterocycles. The van der Waals surface area contributed by atoms with Crippen LogP contribution in [0.1, 0.15) is 5.56 Å². The Morgan fingerprint density at radius 2 is 1.90 bits per heavy atom. The fourth-order valence-electron chi connectivity index (χ4n) is 2.39. The van der Waals surface area contributed by atoms with Gasteiger partial charge < -0.3 is 9.52 Å². The summed E-state index contributed by atoms with van der Waals surface area (Å²) in [6.07, 6.45) is 2.11. The lowest BCUT2D eigenvalue weighted by molar-refractivity contribution is 0.467. The van der Waals surface area contributed by atoms with Crippen LogP contribution in [0.2, 0.25) is 0 Å². The molecule has 1 N–H and O–H groups in total. The van der Waals surface area contributed by atoms with Crippen LogP contribution in [0.15, 0.2) is 70.4 Å². The zero-order valence-corrected chi connectivity index (χ0v) is 11.4. The molecule has 0 saturated heterocycles. The maximum Gasteiger partial charge on any atom is 0.344 e. The quantitative estimate of drug-likeness (QED) is 0.584. The normalized spacial score (nSPS) is 10.7. The van der Waals surface area contributed by atoms with Gasteiger partial charge in [0.05, 0.1) is 5.56 Å².